The smallest absolute Gasteiger partial charge is 0.216 e. The third kappa shape index (κ3) is 7.24. The second kappa shape index (κ2) is 11.0. The molecule has 9 heteroatoms. The molecule has 28 heavy (non-hydrogen) atoms. The SMILES string of the molecule is CCNC(=NCCS(=O)(=O)N1CC(C)OC(C)C1)NCCc1ccccc1Cl. The average Bonchev–Trinajstić information content (AvgIpc) is 2.62. The van der Waals surface area contributed by atoms with Gasteiger partial charge < -0.3 is 15.4 Å². The molecule has 2 N–H and O–H groups in total. The van der Waals surface area contributed by atoms with Gasteiger partial charge in [-0.15, -0.1) is 0 Å². The summed E-state index contributed by atoms with van der Waals surface area (Å²) in [6.45, 7) is 8.09. The molecule has 0 aliphatic carbocycles. The highest BCUT2D eigenvalue weighted by molar-refractivity contribution is 7.89. The largest absolute Gasteiger partial charge is 0.373 e. The van der Waals surface area contributed by atoms with Gasteiger partial charge in [0.05, 0.1) is 24.5 Å². The van der Waals surface area contributed by atoms with Gasteiger partial charge in [0, 0.05) is 31.2 Å². The van der Waals surface area contributed by atoms with Crippen molar-refractivity contribution in [3.05, 3.63) is 34.9 Å². The van der Waals surface area contributed by atoms with Crippen LogP contribution in [0.1, 0.15) is 26.3 Å². The van der Waals surface area contributed by atoms with Crippen LogP contribution >= 0.6 is 11.6 Å². The van der Waals surface area contributed by atoms with Crippen LogP contribution in [0.5, 0.6) is 0 Å². The second-order valence-electron chi connectivity index (χ2n) is 6.92. The Kier molecular flexibility index (Phi) is 9.01. The van der Waals surface area contributed by atoms with E-state index in [0.717, 1.165) is 17.0 Å². The van der Waals surface area contributed by atoms with Gasteiger partial charge in [0.25, 0.3) is 0 Å². The Balaban J connectivity index is 1.86. The van der Waals surface area contributed by atoms with Crippen molar-refractivity contribution in [2.45, 2.75) is 39.4 Å². The topological polar surface area (TPSA) is 83.0 Å². The number of benzene rings is 1. The van der Waals surface area contributed by atoms with Crippen molar-refractivity contribution in [2.24, 2.45) is 4.99 Å². The Labute approximate surface area is 173 Å². The number of hydrogen-bond acceptors (Lipinski definition) is 4. The van der Waals surface area contributed by atoms with Crippen molar-refractivity contribution in [1.82, 2.24) is 14.9 Å². The van der Waals surface area contributed by atoms with E-state index in [9.17, 15) is 8.42 Å². The zero-order chi connectivity index (χ0) is 20.6. The predicted octanol–water partition coefficient (Wildman–Crippen LogP) is 1.88. The quantitative estimate of drug-likeness (QED) is 0.486. The maximum atomic E-state index is 12.6. The third-order valence-electron chi connectivity index (χ3n) is 4.39. The van der Waals surface area contributed by atoms with E-state index in [-0.39, 0.29) is 24.5 Å². The molecule has 0 radical (unpaired) electrons. The lowest BCUT2D eigenvalue weighted by Crippen LogP contribution is -2.49. The molecule has 158 valence electrons. The van der Waals surface area contributed by atoms with Crippen LogP contribution in [-0.4, -0.2) is 69.4 Å². The maximum Gasteiger partial charge on any atom is 0.216 e. The fourth-order valence-electron chi connectivity index (χ4n) is 3.12. The number of sulfonamides is 1. The Bertz CT molecular complexity index is 747. The molecule has 1 aromatic carbocycles. The van der Waals surface area contributed by atoms with E-state index in [1.54, 1.807) is 0 Å². The van der Waals surface area contributed by atoms with E-state index >= 15 is 0 Å². The first-order chi connectivity index (χ1) is 13.3. The van der Waals surface area contributed by atoms with Crippen molar-refractivity contribution in [2.75, 3.05) is 38.5 Å². The molecule has 0 amide bonds. The Morgan fingerprint density at radius 2 is 1.93 bits per heavy atom. The first-order valence-electron chi connectivity index (χ1n) is 9.70. The monoisotopic (exact) mass is 430 g/mol. The lowest BCUT2D eigenvalue weighted by molar-refractivity contribution is -0.0440. The standard InChI is InChI=1S/C19H31ClN4O3S/c1-4-21-19(22-10-9-17-7-5-6-8-18(17)20)23-11-12-28(25,26)24-13-15(2)27-16(3)14-24/h5-8,15-16H,4,9-14H2,1-3H3,(H2,21,22,23). The molecular formula is C19H31ClN4O3S. The minimum absolute atomic E-state index is 0.0203. The number of nitrogens with zero attached hydrogens (tertiary/aromatic N) is 2. The van der Waals surface area contributed by atoms with E-state index < -0.39 is 10.0 Å². The first kappa shape index (κ1) is 22.9. The van der Waals surface area contributed by atoms with E-state index in [2.05, 4.69) is 15.6 Å². The number of aliphatic imine (C=N–C) groups is 1. The molecule has 1 aliphatic rings. The molecule has 0 spiro atoms. The van der Waals surface area contributed by atoms with E-state index in [0.29, 0.717) is 32.1 Å². The summed E-state index contributed by atoms with van der Waals surface area (Å²) < 4.78 is 32.3. The Morgan fingerprint density at radius 1 is 1.25 bits per heavy atom. The predicted molar refractivity (Wildman–Crippen MR) is 115 cm³/mol. The lowest BCUT2D eigenvalue weighted by Gasteiger charge is -2.34. The van der Waals surface area contributed by atoms with Crippen LogP contribution in [-0.2, 0) is 21.2 Å². The molecule has 0 saturated carbocycles. The van der Waals surface area contributed by atoms with Crippen molar-refractivity contribution < 1.29 is 13.2 Å². The molecule has 1 saturated heterocycles. The van der Waals surface area contributed by atoms with Gasteiger partial charge in [0.1, 0.15) is 0 Å². The molecule has 1 aliphatic heterocycles. The second-order valence-corrected chi connectivity index (χ2v) is 9.41. The fourth-order valence-corrected chi connectivity index (χ4v) is 4.80. The molecular weight excluding hydrogens is 400 g/mol. The summed E-state index contributed by atoms with van der Waals surface area (Å²) in [5.41, 5.74) is 1.06. The summed E-state index contributed by atoms with van der Waals surface area (Å²) in [4.78, 5) is 4.41. The highest BCUT2D eigenvalue weighted by Gasteiger charge is 2.30. The lowest BCUT2D eigenvalue weighted by atomic mass is 10.1. The number of guanidine groups is 1. The van der Waals surface area contributed by atoms with Gasteiger partial charge in [-0.25, -0.2) is 8.42 Å². The van der Waals surface area contributed by atoms with E-state index in [1.165, 1.54) is 4.31 Å². The molecule has 1 aromatic rings. The van der Waals surface area contributed by atoms with Crippen molar-refractivity contribution in [3.8, 4) is 0 Å². The first-order valence-corrected chi connectivity index (χ1v) is 11.7. The summed E-state index contributed by atoms with van der Waals surface area (Å²) in [7, 11) is -3.36. The molecule has 2 atom stereocenters. The molecule has 7 nitrogen and oxygen atoms in total. The average molecular weight is 431 g/mol. The number of rotatable bonds is 8. The molecule has 1 fully saturated rings. The molecule has 1 heterocycles. The number of halogens is 1. The van der Waals surface area contributed by atoms with Gasteiger partial charge in [0.2, 0.25) is 10.0 Å². The minimum Gasteiger partial charge on any atom is -0.373 e. The van der Waals surface area contributed by atoms with E-state index in [1.807, 2.05) is 45.0 Å². The number of morpholine rings is 1. The zero-order valence-electron chi connectivity index (χ0n) is 16.8. The van der Waals surface area contributed by atoms with Crippen LogP contribution in [0.15, 0.2) is 29.3 Å². The summed E-state index contributed by atoms with van der Waals surface area (Å²) in [6.07, 6.45) is 0.572. The maximum absolute atomic E-state index is 12.6. The highest BCUT2D eigenvalue weighted by atomic mass is 35.5. The summed E-state index contributed by atoms with van der Waals surface area (Å²) in [6, 6.07) is 7.72. The van der Waals surface area contributed by atoms with Gasteiger partial charge in [-0.3, -0.25) is 4.99 Å². The van der Waals surface area contributed by atoms with Crippen LogP contribution in [0.2, 0.25) is 5.02 Å². The van der Waals surface area contributed by atoms with Crippen LogP contribution in [0, 0.1) is 0 Å². The van der Waals surface area contributed by atoms with Crippen LogP contribution in [0.4, 0.5) is 0 Å². The van der Waals surface area contributed by atoms with Crippen molar-refractivity contribution >= 4 is 27.6 Å². The molecule has 0 aromatic heterocycles. The van der Waals surface area contributed by atoms with Crippen molar-refractivity contribution in [3.63, 3.8) is 0 Å². The van der Waals surface area contributed by atoms with Crippen LogP contribution in [0.25, 0.3) is 0 Å². The van der Waals surface area contributed by atoms with Crippen molar-refractivity contribution in [1.29, 1.82) is 0 Å². The third-order valence-corrected chi connectivity index (χ3v) is 6.54. The van der Waals surface area contributed by atoms with Crippen LogP contribution in [0.3, 0.4) is 0 Å². The van der Waals surface area contributed by atoms with Gasteiger partial charge in [-0.2, -0.15) is 4.31 Å². The van der Waals surface area contributed by atoms with Gasteiger partial charge in [-0.1, -0.05) is 29.8 Å². The normalized spacial score (nSPS) is 21.5. The summed E-state index contributed by atoms with van der Waals surface area (Å²) >= 11 is 6.17. The number of nitrogens with one attached hydrogen (secondary N) is 2. The molecule has 2 unspecified atom stereocenters. The van der Waals surface area contributed by atoms with Gasteiger partial charge in [-0.05, 0) is 38.8 Å². The number of ether oxygens (including phenoxy) is 1. The van der Waals surface area contributed by atoms with E-state index in [4.69, 9.17) is 16.3 Å². The highest BCUT2D eigenvalue weighted by Crippen LogP contribution is 2.15. The van der Waals surface area contributed by atoms with Crippen LogP contribution < -0.4 is 10.6 Å². The fraction of sp³-hybridized carbons (Fsp3) is 0.632. The van der Waals surface area contributed by atoms with Gasteiger partial charge >= 0.3 is 0 Å². The minimum atomic E-state index is -3.36. The summed E-state index contributed by atoms with van der Waals surface area (Å²) in [5, 5.41) is 7.11. The molecule has 0 bridgehead atoms. The Morgan fingerprint density at radius 3 is 2.57 bits per heavy atom. The zero-order valence-corrected chi connectivity index (χ0v) is 18.4. The Hall–Kier alpha value is -1.35. The molecule has 2 rings (SSSR count). The summed E-state index contributed by atoms with van der Waals surface area (Å²) in [5.74, 6) is 0.585. The number of hydrogen-bond donors (Lipinski definition) is 2. The van der Waals surface area contributed by atoms with Gasteiger partial charge in [0.15, 0.2) is 5.96 Å².